The van der Waals surface area contributed by atoms with Crippen LogP contribution < -0.4 is 16.7 Å². The van der Waals surface area contributed by atoms with Crippen molar-refractivity contribution in [3.05, 3.63) is 67.4 Å². The third-order valence-electron chi connectivity index (χ3n) is 4.88. The molecule has 0 aliphatic carbocycles. The summed E-state index contributed by atoms with van der Waals surface area (Å²) >= 11 is 0. The van der Waals surface area contributed by atoms with E-state index in [1.807, 2.05) is 18.2 Å². The van der Waals surface area contributed by atoms with E-state index >= 15 is 0 Å². The molecule has 3 heterocycles. The van der Waals surface area contributed by atoms with Gasteiger partial charge in [-0.1, -0.05) is 13.0 Å². The maximum Gasteiger partial charge on any atom is 0.257 e. The van der Waals surface area contributed by atoms with Crippen molar-refractivity contribution in [2.24, 2.45) is 0 Å². The van der Waals surface area contributed by atoms with E-state index in [0.717, 1.165) is 17.7 Å². The molecule has 0 fully saturated rings. The van der Waals surface area contributed by atoms with E-state index in [1.54, 1.807) is 0 Å². The van der Waals surface area contributed by atoms with Gasteiger partial charge in [-0.15, -0.1) is 0 Å². The fourth-order valence-electron chi connectivity index (χ4n) is 3.42. The van der Waals surface area contributed by atoms with Crippen molar-refractivity contribution in [3.63, 3.8) is 0 Å². The van der Waals surface area contributed by atoms with Gasteiger partial charge in [0.1, 0.15) is 5.58 Å². The monoisotopic (exact) mass is 352 g/mol. The summed E-state index contributed by atoms with van der Waals surface area (Å²) in [5, 5.41) is 0.603. The lowest BCUT2D eigenvalue weighted by Crippen LogP contribution is -2.36. The second-order valence-corrected chi connectivity index (χ2v) is 6.61. The van der Waals surface area contributed by atoms with Gasteiger partial charge in [0.15, 0.2) is 5.43 Å². The van der Waals surface area contributed by atoms with E-state index in [1.165, 1.54) is 6.26 Å². The predicted molar refractivity (Wildman–Crippen MR) is 99.0 cm³/mol. The normalized spacial score (nSPS) is 14.5. The van der Waals surface area contributed by atoms with Crippen LogP contribution in [0.5, 0.6) is 0 Å². The number of nitrogens with two attached hydrogens (primary N) is 1. The van der Waals surface area contributed by atoms with Crippen LogP contribution in [0, 0.1) is 0 Å². The minimum atomic E-state index is -0.213. The number of nitrogens with one attached hydrogen (secondary N) is 1. The van der Waals surface area contributed by atoms with Gasteiger partial charge in [0.2, 0.25) is 5.95 Å². The Hall–Kier alpha value is -2.93. The summed E-state index contributed by atoms with van der Waals surface area (Å²) < 4.78 is 5.65. The van der Waals surface area contributed by atoms with Crippen LogP contribution in [0.3, 0.4) is 0 Å². The zero-order valence-electron chi connectivity index (χ0n) is 14.5. The highest BCUT2D eigenvalue weighted by Crippen LogP contribution is 2.18. The Bertz CT molecular complexity index is 1100. The van der Waals surface area contributed by atoms with Gasteiger partial charge in [-0.2, -0.15) is 0 Å². The number of anilines is 1. The molecule has 0 spiro atoms. The maximum absolute atomic E-state index is 12.8. The summed E-state index contributed by atoms with van der Waals surface area (Å²) in [5.41, 5.74) is 9.01. The SMILES string of the molecule is CCc1ccc2occ(CN3CCc4nc(N)[nH]c(=O)c4C3)c(=O)c2c1. The van der Waals surface area contributed by atoms with Crippen LogP contribution in [0.4, 0.5) is 5.95 Å². The predicted octanol–water partition coefficient (Wildman–Crippen LogP) is 1.58. The Morgan fingerprint density at radius 1 is 1.35 bits per heavy atom. The number of hydrogen-bond acceptors (Lipinski definition) is 6. The van der Waals surface area contributed by atoms with Crippen molar-refractivity contribution >= 4 is 16.9 Å². The molecule has 0 radical (unpaired) electrons. The summed E-state index contributed by atoms with van der Waals surface area (Å²) in [6.07, 6.45) is 3.01. The van der Waals surface area contributed by atoms with Crippen LogP contribution in [-0.4, -0.2) is 21.4 Å². The molecule has 4 rings (SSSR count). The first kappa shape index (κ1) is 16.5. The summed E-state index contributed by atoms with van der Waals surface area (Å²) in [5.74, 6) is 0.143. The number of rotatable bonds is 3. The fraction of sp³-hybridized carbons (Fsp3) is 0.316. The van der Waals surface area contributed by atoms with E-state index in [2.05, 4.69) is 21.8 Å². The molecule has 7 heteroatoms. The van der Waals surface area contributed by atoms with Gasteiger partial charge in [0.05, 0.1) is 22.9 Å². The number of H-pyrrole nitrogens is 1. The van der Waals surface area contributed by atoms with Crippen molar-refractivity contribution in [2.45, 2.75) is 32.9 Å². The maximum atomic E-state index is 12.8. The average molecular weight is 352 g/mol. The molecule has 26 heavy (non-hydrogen) atoms. The number of hydrogen-bond donors (Lipinski definition) is 2. The van der Waals surface area contributed by atoms with Crippen molar-refractivity contribution in [1.29, 1.82) is 0 Å². The summed E-state index contributed by atoms with van der Waals surface area (Å²) in [4.78, 5) is 33.8. The van der Waals surface area contributed by atoms with Crippen LogP contribution in [-0.2, 0) is 25.9 Å². The van der Waals surface area contributed by atoms with Crippen molar-refractivity contribution in [1.82, 2.24) is 14.9 Å². The second kappa shape index (κ2) is 6.42. The topological polar surface area (TPSA) is 105 Å². The molecular formula is C19H20N4O3. The molecule has 3 N–H and O–H groups in total. The van der Waals surface area contributed by atoms with Gasteiger partial charge in [-0.05, 0) is 24.1 Å². The lowest BCUT2D eigenvalue weighted by Gasteiger charge is -2.27. The highest BCUT2D eigenvalue weighted by atomic mass is 16.3. The Labute approximate surface area is 149 Å². The molecular weight excluding hydrogens is 332 g/mol. The van der Waals surface area contributed by atoms with E-state index < -0.39 is 0 Å². The Kier molecular flexibility index (Phi) is 4.08. The third kappa shape index (κ3) is 2.90. The van der Waals surface area contributed by atoms with E-state index in [-0.39, 0.29) is 16.9 Å². The van der Waals surface area contributed by atoms with Crippen LogP contribution >= 0.6 is 0 Å². The first-order valence-electron chi connectivity index (χ1n) is 8.68. The summed E-state index contributed by atoms with van der Waals surface area (Å²) in [7, 11) is 0. The molecule has 0 saturated heterocycles. The molecule has 0 unspecified atom stereocenters. The average Bonchev–Trinajstić information content (AvgIpc) is 2.64. The lowest BCUT2D eigenvalue weighted by atomic mass is 10.1. The van der Waals surface area contributed by atoms with Gasteiger partial charge in [-0.25, -0.2) is 4.98 Å². The first-order valence-corrected chi connectivity index (χ1v) is 8.68. The molecule has 7 nitrogen and oxygen atoms in total. The molecule has 0 amide bonds. The van der Waals surface area contributed by atoms with Crippen LogP contribution in [0.25, 0.3) is 11.0 Å². The molecule has 134 valence electrons. The van der Waals surface area contributed by atoms with Crippen LogP contribution in [0.15, 0.2) is 38.5 Å². The molecule has 0 saturated carbocycles. The lowest BCUT2D eigenvalue weighted by molar-refractivity contribution is 0.239. The first-order chi connectivity index (χ1) is 12.5. The second-order valence-electron chi connectivity index (χ2n) is 6.61. The number of nitrogen functional groups attached to an aromatic ring is 1. The Morgan fingerprint density at radius 2 is 2.19 bits per heavy atom. The highest BCUT2D eigenvalue weighted by Gasteiger charge is 2.22. The summed E-state index contributed by atoms with van der Waals surface area (Å²) in [6.45, 7) is 3.62. The zero-order chi connectivity index (χ0) is 18.3. The van der Waals surface area contributed by atoms with Crippen molar-refractivity contribution < 1.29 is 4.42 Å². The number of aromatic amines is 1. The fourth-order valence-corrected chi connectivity index (χ4v) is 3.42. The minimum Gasteiger partial charge on any atom is -0.464 e. The number of aryl methyl sites for hydroxylation is 1. The largest absolute Gasteiger partial charge is 0.464 e. The molecule has 1 aliphatic rings. The zero-order valence-corrected chi connectivity index (χ0v) is 14.5. The Balaban J connectivity index is 1.64. The van der Waals surface area contributed by atoms with Crippen LogP contribution in [0.1, 0.15) is 29.3 Å². The van der Waals surface area contributed by atoms with Gasteiger partial charge in [-0.3, -0.25) is 19.5 Å². The van der Waals surface area contributed by atoms with Gasteiger partial charge >= 0.3 is 0 Å². The van der Waals surface area contributed by atoms with Crippen molar-refractivity contribution in [3.8, 4) is 0 Å². The van der Waals surface area contributed by atoms with Crippen LogP contribution in [0.2, 0.25) is 0 Å². The molecule has 0 bridgehead atoms. The van der Waals surface area contributed by atoms with Gasteiger partial charge < -0.3 is 10.2 Å². The molecule has 0 atom stereocenters. The Morgan fingerprint density at radius 3 is 3.00 bits per heavy atom. The van der Waals surface area contributed by atoms with Gasteiger partial charge in [0, 0.05) is 31.6 Å². The van der Waals surface area contributed by atoms with E-state index in [4.69, 9.17) is 10.2 Å². The number of nitrogens with zero attached hydrogens (tertiary/aromatic N) is 2. The third-order valence-corrected chi connectivity index (χ3v) is 4.88. The molecule has 3 aromatic rings. The molecule has 1 aromatic carbocycles. The van der Waals surface area contributed by atoms with E-state index in [9.17, 15) is 9.59 Å². The summed E-state index contributed by atoms with van der Waals surface area (Å²) in [6, 6.07) is 5.71. The van der Waals surface area contributed by atoms with Gasteiger partial charge in [0.25, 0.3) is 5.56 Å². The number of aromatic nitrogens is 2. The minimum absolute atomic E-state index is 0.0170. The number of fused-ring (bicyclic) bond motifs is 2. The standard InChI is InChI=1S/C19H20N4O3/c1-2-11-3-4-16-13(7-11)17(24)12(10-26-16)8-23-6-5-15-14(9-23)18(25)22-19(20)21-15/h3-4,7,10H,2,5-6,8-9H2,1H3,(H3,20,21,22,25). The molecule has 2 aromatic heterocycles. The smallest absolute Gasteiger partial charge is 0.257 e. The highest BCUT2D eigenvalue weighted by molar-refractivity contribution is 5.77. The van der Waals surface area contributed by atoms with E-state index in [0.29, 0.717) is 48.2 Å². The van der Waals surface area contributed by atoms with Crippen molar-refractivity contribution in [2.75, 3.05) is 12.3 Å². The quantitative estimate of drug-likeness (QED) is 0.741. The number of benzene rings is 1. The molecule has 1 aliphatic heterocycles.